The van der Waals surface area contributed by atoms with Crippen molar-refractivity contribution in [2.45, 2.75) is 78.1 Å². The molecule has 43 heavy (non-hydrogen) atoms. The Labute approximate surface area is 260 Å². The Hall–Kier alpha value is -3.64. The monoisotopic (exact) mass is 603 g/mol. The van der Waals surface area contributed by atoms with Crippen molar-refractivity contribution in [3.05, 3.63) is 100 Å². The lowest BCUT2D eigenvalue weighted by Gasteiger charge is -2.30. The van der Waals surface area contributed by atoms with Crippen molar-refractivity contribution in [3.8, 4) is 22.7 Å². The molecular weight excluding hydrogens is 561 g/mol. The van der Waals surface area contributed by atoms with Gasteiger partial charge >= 0.3 is 0 Å². The lowest BCUT2D eigenvalue weighted by atomic mass is 9.76. The number of hydrogen-bond donors (Lipinski definition) is 1. The molecule has 0 radical (unpaired) electrons. The molecule has 1 N–H and O–H groups in total. The first-order valence-electron chi connectivity index (χ1n) is 15.1. The number of carbonyl (C=O) groups excluding carboxylic acids is 1. The van der Waals surface area contributed by atoms with Gasteiger partial charge in [-0.1, -0.05) is 89.5 Å². The number of amides is 1. The van der Waals surface area contributed by atoms with Gasteiger partial charge in [-0.3, -0.25) is 4.79 Å². The highest BCUT2D eigenvalue weighted by molar-refractivity contribution is 6.32. The standard InChI is InChI=1S/C36H43ClFN3O2/c1-7-35(3,4)25-19-20-33(27(23-25)36(5,6)8-2)43-22-14-13-21-39-34(42)32-24-30(26-15-9-11-17-29(26)38)40-41(32)31-18-12-10-16-28(31)37/h9-12,15-20,23-24H,7-8,13-14,21-22H2,1-6H3,(H,39,42). The van der Waals surface area contributed by atoms with E-state index in [1.165, 1.54) is 21.9 Å². The summed E-state index contributed by atoms with van der Waals surface area (Å²) >= 11 is 6.44. The Morgan fingerprint density at radius 3 is 2.33 bits per heavy atom. The van der Waals surface area contributed by atoms with E-state index in [1.54, 1.807) is 42.5 Å². The molecule has 228 valence electrons. The first kappa shape index (κ1) is 32.3. The van der Waals surface area contributed by atoms with E-state index in [4.69, 9.17) is 16.3 Å². The number of ether oxygens (including phenoxy) is 1. The van der Waals surface area contributed by atoms with Crippen molar-refractivity contribution in [2.75, 3.05) is 13.2 Å². The van der Waals surface area contributed by atoms with Crippen LogP contribution >= 0.6 is 11.6 Å². The van der Waals surface area contributed by atoms with Gasteiger partial charge in [-0.25, -0.2) is 9.07 Å². The van der Waals surface area contributed by atoms with Crippen LogP contribution in [-0.4, -0.2) is 28.8 Å². The summed E-state index contributed by atoms with van der Waals surface area (Å²) in [6.07, 6.45) is 3.58. The van der Waals surface area contributed by atoms with Crippen LogP contribution in [0.1, 0.15) is 88.8 Å². The Morgan fingerprint density at radius 1 is 0.930 bits per heavy atom. The third-order valence-electron chi connectivity index (χ3n) is 8.54. The third-order valence-corrected chi connectivity index (χ3v) is 8.86. The first-order chi connectivity index (χ1) is 20.5. The lowest BCUT2D eigenvalue weighted by molar-refractivity contribution is 0.0944. The van der Waals surface area contributed by atoms with Crippen molar-refractivity contribution in [1.29, 1.82) is 0 Å². The smallest absolute Gasteiger partial charge is 0.270 e. The molecule has 1 heterocycles. The van der Waals surface area contributed by atoms with E-state index in [0.29, 0.717) is 35.1 Å². The number of nitrogens with one attached hydrogen (secondary N) is 1. The number of aromatic nitrogens is 2. The fourth-order valence-electron chi connectivity index (χ4n) is 4.85. The number of nitrogens with zero attached hydrogens (tertiary/aromatic N) is 2. The molecule has 0 atom stereocenters. The van der Waals surface area contributed by atoms with Crippen molar-refractivity contribution < 1.29 is 13.9 Å². The molecule has 4 rings (SSSR count). The van der Waals surface area contributed by atoms with Crippen LogP contribution in [0.15, 0.2) is 72.8 Å². The second-order valence-corrected chi connectivity index (χ2v) is 12.7. The molecule has 0 unspecified atom stereocenters. The summed E-state index contributed by atoms with van der Waals surface area (Å²) in [5.41, 5.74) is 4.17. The minimum Gasteiger partial charge on any atom is -0.493 e. The summed E-state index contributed by atoms with van der Waals surface area (Å²) in [5, 5.41) is 7.99. The zero-order valence-electron chi connectivity index (χ0n) is 26.1. The van der Waals surface area contributed by atoms with Crippen LogP contribution in [0.2, 0.25) is 5.02 Å². The summed E-state index contributed by atoms with van der Waals surface area (Å²) < 4.78 is 22.3. The van der Waals surface area contributed by atoms with E-state index in [9.17, 15) is 9.18 Å². The fourth-order valence-corrected chi connectivity index (χ4v) is 5.07. The highest BCUT2D eigenvalue weighted by Gasteiger charge is 2.27. The Kier molecular flexibility index (Phi) is 10.3. The van der Waals surface area contributed by atoms with Crippen LogP contribution < -0.4 is 10.1 Å². The summed E-state index contributed by atoms with van der Waals surface area (Å²) in [7, 11) is 0. The molecule has 0 aliphatic heterocycles. The van der Waals surface area contributed by atoms with Crippen molar-refractivity contribution in [1.82, 2.24) is 15.1 Å². The largest absolute Gasteiger partial charge is 0.493 e. The second-order valence-electron chi connectivity index (χ2n) is 12.3. The van der Waals surface area contributed by atoms with Gasteiger partial charge in [-0.2, -0.15) is 5.10 Å². The summed E-state index contributed by atoms with van der Waals surface area (Å²) in [6.45, 7) is 14.5. The maximum atomic E-state index is 14.6. The molecule has 5 nitrogen and oxygen atoms in total. The van der Waals surface area contributed by atoms with E-state index in [-0.39, 0.29) is 22.4 Å². The molecule has 0 saturated heterocycles. The summed E-state index contributed by atoms with van der Waals surface area (Å²) in [6, 6.07) is 21.7. The molecular formula is C36H43ClFN3O2. The topological polar surface area (TPSA) is 56.1 Å². The number of para-hydroxylation sites is 1. The molecule has 0 bridgehead atoms. The van der Waals surface area contributed by atoms with Crippen LogP contribution in [0.25, 0.3) is 16.9 Å². The molecule has 0 aliphatic rings. The van der Waals surface area contributed by atoms with E-state index in [1.807, 2.05) is 6.07 Å². The lowest BCUT2D eigenvalue weighted by Crippen LogP contribution is -2.27. The first-order valence-corrected chi connectivity index (χ1v) is 15.5. The SMILES string of the molecule is CCC(C)(C)c1ccc(OCCCCNC(=O)c2cc(-c3ccccc3F)nn2-c2ccccc2Cl)c(C(C)(C)CC)c1. The van der Waals surface area contributed by atoms with Crippen LogP contribution in [0.5, 0.6) is 5.75 Å². The molecule has 0 saturated carbocycles. The minimum absolute atomic E-state index is 0.00470. The molecule has 1 amide bonds. The fraction of sp³-hybridized carbons (Fsp3) is 0.389. The van der Waals surface area contributed by atoms with Crippen LogP contribution in [0, 0.1) is 5.82 Å². The number of rotatable bonds is 13. The maximum absolute atomic E-state index is 14.6. The quantitative estimate of drug-likeness (QED) is 0.155. The van der Waals surface area contributed by atoms with Gasteiger partial charge in [-0.05, 0) is 78.5 Å². The number of halogens is 2. The van der Waals surface area contributed by atoms with Gasteiger partial charge in [0.1, 0.15) is 17.3 Å². The van der Waals surface area contributed by atoms with Gasteiger partial charge in [0, 0.05) is 17.7 Å². The van der Waals surface area contributed by atoms with Crippen molar-refractivity contribution >= 4 is 17.5 Å². The predicted octanol–water partition coefficient (Wildman–Crippen LogP) is 9.30. The molecule has 0 fully saturated rings. The highest BCUT2D eigenvalue weighted by Crippen LogP contribution is 2.38. The van der Waals surface area contributed by atoms with E-state index >= 15 is 0 Å². The van der Waals surface area contributed by atoms with Crippen LogP contribution in [0.4, 0.5) is 4.39 Å². The molecule has 4 aromatic rings. The van der Waals surface area contributed by atoms with Gasteiger partial charge in [0.2, 0.25) is 0 Å². The Balaban J connectivity index is 1.42. The van der Waals surface area contributed by atoms with E-state index < -0.39 is 5.82 Å². The zero-order chi connectivity index (χ0) is 31.2. The van der Waals surface area contributed by atoms with Gasteiger partial charge < -0.3 is 10.1 Å². The number of benzene rings is 3. The van der Waals surface area contributed by atoms with Gasteiger partial charge in [-0.15, -0.1) is 0 Å². The number of hydrogen-bond acceptors (Lipinski definition) is 3. The van der Waals surface area contributed by atoms with Gasteiger partial charge in [0.05, 0.1) is 23.0 Å². The third kappa shape index (κ3) is 7.48. The summed E-state index contributed by atoms with van der Waals surface area (Å²) in [5.74, 6) is 0.209. The molecule has 1 aromatic heterocycles. The summed E-state index contributed by atoms with van der Waals surface area (Å²) in [4.78, 5) is 13.3. The average Bonchev–Trinajstić information content (AvgIpc) is 3.44. The van der Waals surface area contributed by atoms with Gasteiger partial charge in [0.15, 0.2) is 0 Å². The molecule has 3 aromatic carbocycles. The normalized spacial score (nSPS) is 11.9. The number of carbonyl (C=O) groups is 1. The Bertz CT molecular complexity index is 1560. The van der Waals surface area contributed by atoms with E-state index in [2.05, 4.69) is 70.2 Å². The average molecular weight is 604 g/mol. The molecule has 0 aliphatic carbocycles. The van der Waals surface area contributed by atoms with Crippen LogP contribution in [0.3, 0.4) is 0 Å². The minimum atomic E-state index is -0.410. The highest BCUT2D eigenvalue weighted by atomic mass is 35.5. The maximum Gasteiger partial charge on any atom is 0.270 e. The Morgan fingerprint density at radius 2 is 1.63 bits per heavy atom. The molecule has 7 heteroatoms. The van der Waals surface area contributed by atoms with Crippen molar-refractivity contribution in [2.24, 2.45) is 0 Å². The van der Waals surface area contributed by atoms with Gasteiger partial charge in [0.25, 0.3) is 5.91 Å². The van der Waals surface area contributed by atoms with E-state index in [0.717, 1.165) is 31.4 Å². The van der Waals surface area contributed by atoms with Crippen LogP contribution in [-0.2, 0) is 10.8 Å². The molecule has 0 spiro atoms. The number of unbranched alkanes of at least 4 members (excludes halogenated alkanes) is 1. The second kappa shape index (κ2) is 13.8. The zero-order valence-corrected chi connectivity index (χ0v) is 26.9. The predicted molar refractivity (Wildman–Crippen MR) is 174 cm³/mol. The van der Waals surface area contributed by atoms with Crippen molar-refractivity contribution in [3.63, 3.8) is 0 Å².